The quantitative estimate of drug-likeness (QED) is 0.517. The lowest BCUT2D eigenvalue weighted by molar-refractivity contribution is -0.385. The van der Waals surface area contributed by atoms with Crippen molar-refractivity contribution >= 4 is 11.7 Å². The molecule has 0 aliphatic rings. The summed E-state index contributed by atoms with van der Waals surface area (Å²) in [7, 11) is 0. The van der Waals surface area contributed by atoms with Gasteiger partial charge in [-0.3, -0.25) is 15.1 Å². The van der Waals surface area contributed by atoms with Crippen molar-refractivity contribution in [2.45, 2.75) is 0 Å². The monoisotopic (exact) mass is 168 g/mol. The van der Waals surface area contributed by atoms with Gasteiger partial charge in [-0.2, -0.15) is 0 Å². The molecule has 0 amide bonds. The van der Waals surface area contributed by atoms with Crippen molar-refractivity contribution in [3.8, 4) is 0 Å². The first-order chi connectivity index (χ1) is 5.63. The standard InChI is InChI=1S/C6H4N2O4/c9-6(10)4-3-7-2-1-5(4)8(11)12/h1-3H,(H,9,10). The highest BCUT2D eigenvalue weighted by molar-refractivity contribution is 5.91. The molecule has 0 atom stereocenters. The maximum atomic E-state index is 10.4. The summed E-state index contributed by atoms with van der Waals surface area (Å²) in [4.78, 5) is 23.3. The van der Waals surface area contributed by atoms with Crippen LogP contribution in [-0.4, -0.2) is 21.0 Å². The molecule has 1 heterocycles. The number of nitrogens with zero attached hydrogens (tertiary/aromatic N) is 2. The Labute approximate surface area is 66.6 Å². The van der Waals surface area contributed by atoms with Gasteiger partial charge in [-0.15, -0.1) is 0 Å². The highest BCUT2D eigenvalue weighted by Gasteiger charge is 2.18. The topological polar surface area (TPSA) is 93.3 Å². The molecular formula is C6H4N2O4. The number of hydrogen-bond donors (Lipinski definition) is 1. The Balaban J connectivity index is 3.27. The smallest absolute Gasteiger partial charge is 0.344 e. The van der Waals surface area contributed by atoms with E-state index in [4.69, 9.17) is 5.11 Å². The maximum Gasteiger partial charge on any atom is 0.344 e. The Kier molecular flexibility index (Phi) is 2.00. The third-order valence-electron chi connectivity index (χ3n) is 1.23. The van der Waals surface area contributed by atoms with E-state index < -0.39 is 22.1 Å². The molecule has 1 rings (SSSR count). The molecule has 0 bridgehead atoms. The van der Waals surface area contributed by atoms with Crippen LogP contribution in [0, 0.1) is 10.1 Å². The summed E-state index contributed by atoms with van der Waals surface area (Å²) in [6, 6.07) is 1.05. The lowest BCUT2D eigenvalue weighted by Gasteiger charge is -1.94. The molecule has 12 heavy (non-hydrogen) atoms. The fourth-order valence-corrected chi connectivity index (χ4v) is 0.711. The Morgan fingerprint density at radius 2 is 2.33 bits per heavy atom. The molecule has 0 spiro atoms. The zero-order valence-electron chi connectivity index (χ0n) is 5.80. The molecule has 0 fully saturated rings. The second-order valence-corrected chi connectivity index (χ2v) is 1.96. The fraction of sp³-hybridized carbons (Fsp3) is 0. The van der Waals surface area contributed by atoms with Crippen molar-refractivity contribution in [1.29, 1.82) is 0 Å². The number of aromatic nitrogens is 1. The molecule has 0 saturated carbocycles. The number of pyridine rings is 1. The molecule has 6 heteroatoms. The minimum Gasteiger partial charge on any atom is -0.477 e. The van der Waals surface area contributed by atoms with Crippen LogP contribution >= 0.6 is 0 Å². The van der Waals surface area contributed by atoms with Crippen LogP contribution in [-0.2, 0) is 0 Å². The van der Waals surface area contributed by atoms with Crippen LogP contribution in [0.2, 0.25) is 0 Å². The van der Waals surface area contributed by atoms with Crippen LogP contribution in [0.3, 0.4) is 0 Å². The Hall–Kier alpha value is -1.98. The minimum absolute atomic E-state index is 0.400. The Morgan fingerprint density at radius 1 is 1.67 bits per heavy atom. The van der Waals surface area contributed by atoms with Crippen molar-refractivity contribution in [2.24, 2.45) is 0 Å². The Morgan fingerprint density at radius 3 is 2.75 bits per heavy atom. The summed E-state index contributed by atoms with van der Waals surface area (Å²) in [6.45, 7) is 0. The van der Waals surface area contributed by atoms with Gasteiger partial charge in [0.05, 0.1) is 4.92 Å². The molecule has 6 nitrogen and oxygen atoms in total. The largest absolute Gasteiger partial charge is 0.477 e. The van der Waals surface area contributed by atoms with Crippen LogP contribution in [0.4, 0.5) is 5.69 Å². The number of carbonyl (C=O) groups is 1. The van der Waals surface area contributed by atoms with Crippen molar-refractivity contribution < 1.29 is 14.8 Å². The van der Waals surface area contributed by atoms with Crippen LogP contribution in [0.5, 0.6) is 0 Å². The molecule has 0 radical (unpaired) electrons. The highest BCUT2D eigenvalue weighted by atomic mass is 16.6. The van der Waals surface area contributed by atoms with E-state index in [1.54, 1.807) is 0 Å². The first kappa shape index (κ1) is 8.12. The third kappa shape index (κ3) is 1.36. The van der Waals surface area contributed by atoms with E-state index in [1.807, 2.05) is 0 Å². The van der Waals surface area contributed by atoms with Gasteiger partial charge in [0, 0.05) is 18.5 Å². The number of nitro groups is 1. The van der Waals surface area contributed by atoms with Gasteiger partial charge in [0.15, 0.2) is 5.56 Å². The Bertz CT molecular complexity index is 303. The van der Waals surface area contributed by atoms with Gasteiger partial charge in [-0.05, 0) is 0 Å². The van der Waals surface area contributed by atoms with E-state index in [2.05, 4.69) is 4.98 Å². The molecule has 0 saturated heterocycles. The van der Waals surface area contributed by atoms with Gasteiger partial charge < -0.3 is 5.11 Å². The van der Waals surface area contributed by atoms with Crippen LogP contribution in [0.25, 0.3) is 0 Å². The summed E-state index contributed by atoms with van der Waals surface area (Å²) in [6.07, 6.45) is 2.12. The van der Waals surface area contributed by atoms with Crippen LogP contribution in [0.15, 0.2) is 18.5 Å². The van der Waals surface area contributed by atoms with E-state index in [0.717, 1.165) is 12.3 Å². The molecule has 62 valence electrons. The van der Waals surface area contributed by atoms with E-state index in [1.165, 1.54) is 6.20 Å². The third-order valence-corrected chi connectivity index (χ3v) is 1.23. The SMILES string of the molecule is O=C(O)c1cnccc1[N+](=O)[O-]. The average Bonchev–Trinajstić information content (AvgIpc) is 2.04. The minimum atomic E-state index is -1.35. The predicted molar refractivity (Wildman–Crippen MR) is 37.9 cm³/mol. The number of aromatic carboxylic acids is 1. The zero-order chi connectivity index (χ0) is 9.14. The molecule has 0 aliphatic carbocycles. The first-order valence-corrected chi connectivity index (χ1v) is 2.94. The molecule has 0 aliphatic heterocycles. The lowest BCUT2D eigenvalue weighted by Crippen LogP contribution is -2.02. The molecule has 0 unspecified atom stereocenters. The van der Waals surface area contributed by atoms with Crippen molar-refractivity contribution in [3.05, 3.63) is 34.1 Å². The van der Waals surface area contributed by atoms with E-state index >= 15 is 0 Å². The molecule has 1 aromatic heterocycles. The summed E-state index contributed by atoms with van der Waals surface area (Å²) < 4.78 is 0. The number of rotatable bonds is 2. The fourth-order valence-electron chi connectivity index (χ4n) is 0.711. The van der Waals surface area contributed by atoms with E-state index in [9.17, 15) is 14.9 Å². The normalized spacial score (nSPS) is 9.33. The molecular weight excluding hydrogens is 164 g/mol. The second-order valence-electron chi connectivity index (χ2n) is 1.96. The number of carboxylic acids is 1. The molecule has 0 aromatic carbocycles. The number of hydrogen-bond acceptors (Lipinski definition) is 4. The molecule has 1 N–H and O–H groups in total. The maximum absolute atomic E-state index is 10.4. The number of carboxylic acid groups (broad SMARTS) is 1. The zero-order valence-corrected chi connectivity index (χ0v) is 5.80. The van der Waals surface area contributed by atoms with E-state index in [0.29, 0.717) is 0 Å². The van der Waals surface area contributed by atoms with Gasteiger partial charge in [-0.1, -0.05) is 0 Å². The highest BCUT2D eigenvalue weighted by Crippen LogP contribution is 2.15. The summed E-state index contributed by atoms with van der Waals surface area (Å²) >= 11 is 0. The van der Waals surface area contributed by atoms with Gasteiger partial charge in [0.1, 0.15) is 0 Å². The second kappa shape index (κ2) is 2.95. The summed E-state index contributed by atoms with van der Waals surface area (Å²) in [5.41, 5.74) is -0.847. The van der Waals surface area contributed by atoms with Crippen molar-refractivity contribution in [2.75, 3.05) is 0 Å². The van der Waals surface area contributed by atoms with Crippen LogP contribution in [0.1, 0.15) is 10.4 Å². The summed E-state index contributed by atoms with van der Waals surface area (Å²) in [5.74, 6) is -1.35. The van der Waals surface area contributed by atoms with Crippen molar-refractivity contribution in [1.82, 2.24) is 4.98 Å². The van der Waals surface area contributed by atoms with Crippen molar-refractivity contribution in [3.63, 3.8) is 0 Å². The van der Waals surface area contributed by atoms with Gasteiger partial charge >= 0.3 is 5.97 Å². The summed E-state index contributed by atoms with van der Waals surface area (Å²) in [5, 5.41) is 18.7. The average molecular weight is 168 g/mol. The van der Waals surface area contributed by atoms with Gasteiger partial charge in [-0.25, -0.2) is 4.79 Å². The lowest BCUT2D eigenvalue weighted by atomic mass is 10.2. The van der Waals surface area contributed by atoms with Gasteiger partial charge in [0.2, 0.25) is 0 Å². The predicted octanol–water partition coefficient (Wildman–Crippen LogP) is 0.688. The van der Waals surface area contributed by atoms with Crippen LogP contribution < -0.4 is 0 Å². The van der Waals surface area contributed by atoms with Gasteiger partial charge in [0.25, 0.3) is 5.69 Å². The molecule has 1 aromatic rings. The first-order valence-electron chi connectivity index (χ1n) is 2.94. The van der Waals surface area contributed by atoms with E-state index in [-0.39, 0.29) is 0 Å².